The van der Waals surface area contributed by atoms with Crippen LogP contribution in [0.1, 0.15) is 28.8 Å². The van der Waals surface area contributed by atoms with Gasteiger partial charge in [-0.05, 0) is 37.9 Å². The summed E-state index contributed by atoms with van der Waals surface area (Å²) in [4.78, 5) is 15.1. The number of ketones is 1. The van der Waals surface area contributed by atoms with Gasteiger partial charge in [0.1, 0.15) is 0 Å². The Morgan fingerprint density at radius 2 is 1.58 bits per heavy atom. The lowest BCUT2D eigenvalue weighted by Crippen LogP contribution is -2.47. The molecule has 0 amide bonds. The minimum Gasteiger partial charge on any atom is -0.329 e. The summed E-state index contributed by atoms with van der Waals surface area (Å²) in [5, 5.41) is 0. The molecule has 1 atom stereocenters. The fourth-order valence-corrected chi connectivity index (χ4v) is 3.61. The van der Waals surface area contributed by atoms with Gasteiger partial charge in [0, 0.05) is 24.1 Å². The second-order valence-electron chi connectivity index (χ2n) is 6.62. The third-order valence-electron chi connectivity index (χ3n) is 5.06. The van der Waals surface area contributed by atoms with Crippen LogP contribution in [-0.2, 0) is 6.42 Å². The van der Waals surface area contributed by atoms with Crippen molar-refractivity contribution in [3.8, 4) is 0 Å². The molecule has 0 spiro atoms. The highest BCUT2D eigenvalue weighted by atomic mass is 16.1. The number of hydrogen-bond acceptors (Lipinski definition) is 3. The van der Waals surface area contributed by atoms with E-state index < -0.39 is 0 Å². The lowest BCUT2D eigenvalue weighted by atomic mass is 9.88. The van der Waals surface area contributed by atoms with E-state index in [2.05, 4.69) is 29.2 Å². The molecule has 3 heteroatoms. The zero-order valence-electron chi connectivity index (χ0n) is 14.1. The largest absolute Gasteiger partial charge is 0.329 e. The smallest absolute Gasteiger partial charge is 0.166 e. The van der Waals surface area contributed by atoms with Crippen LogP contribution in [0.5, 0.6) is 0 Å². The average molecular weight is 322 g/mol. The molecule has 3 nitrogen and oxygen atoms in total. The Bertz CT molecular complexity index is 633. The van der Waals surface area contributed by atoms with E-state index in [1.54, 1.807) is 0 Å². The van der Waals surface area contributed by atoms with Gasteiger partial charge in [0.05, 0.1) is 0 Å². The molecule has 24 heavy (non-hydrogen) atoms. The molecule has 126 valence electrons. The van der Waals surface area contributed by atoms with Crippen molar-refractivity contribution in [1.29, 1.82) is 0 Å². The van der Waals surface area contributed by atoms with Crippen molar-refractivity contribution in [3.63, 3.8) is 0 Å². The molecule has 2 N–H and O–H groups in total. The number of piperidine rings is 1. The molecule has 3 rings (SSSR count). The van der Waals surface area contributed by atoms with Crippen LogP contribution in [0.25, 0.3) is 0 Å². The Morgan fingerprint density at radius 1 is 1.00 bits per heavy atom. The highest BCUT2D eigenvalue weighted by molar-refractivity contribution is 5.97. The molecule has 1 saturated heterocycles. The third-order valence-corrected chi connectivity index (χ3v) is 5.06. The molecule has 1 unspecified atom stereocenters. The molecule has 0 bridgehead atoms. The molecule has 2 aromatic rings. The van der Waals surface area contributed by atoms with E-state index in [0.29, 0.717) is 18.4 Å². The summed E-state index contributed by atoms with van der Waals surface area (Å²) in [5.41, 5.74) is 8.20. The van der Waals surface area contributed by atoms with Crippen LogP contribution >= 0.6 is 0 Å². The molecule has 0 aliphatic carbocycles. The highest BCUT2D eigenvalue weighted by Crippen LogP contribution is 2.23. The van der Waals surface area contributed by atoms with Gasteiger partial charge >= 0.3 is 0 Å². The number of Topliss-reactive ketones (excluding diaryl/α,β-unsaturated/α-hetero) is 1. The Labute approximate surface area is 144 Å². The Balaban J connectivity index is 1.56. The first-order valence-electron chi connectivity index (χ1n) is 8.85. The number of likely N-dealkylation sites (tertiary alicyclic amines) is 1. The normalized spacial score (nSPS) is 17.5. The van der Waals surface area contributed by atoms with E-state index in [0.717, 1.165) is 37.9 Å². The zero-order valence-corrected chi connectivity index (χ0v) is 14.1. The number of nitrogens with zero attached hydrogens (tertiary/aromatic N) is 1. The summed E-state index contributed by atoms with van der Waals surface area (Å²) >= 11 is 0. The maximum atomic E-state index is 12.6. The molecule has 0 radical (unpaired) electrons. The monoisotopic (exact) mass is 322 g/mol. The predicted molar refractivity (Wildman–Crippen MR) is 98.1 cm³/mol. The Hall–Kier alpha value is -1.97. The fourth-order valence-electron chi connectivity index (χ4n) is 3.61. The van der Waals surface area contributed by atoms with E-state index >= 15 is 0 Å². The third kappa shape index (κ3) is 4.11. The van der Waals surface area contributed by atoms with Gasteiger partial charge in [0.15, 0.2) is 5.78 Å². The van der Waals surface area contributed by atoms with Crippen molar-refractivity contribution in [2.24, 2.45) is 11.7 Å². The number of carbonyl (C=O) groups is 1. The Kier molecular flexibility index (Phi) is 5.78. The summed E-state index contributed by atoms with van der Waals surface area (Å²) < 4.78 is 0. The summed E-state index contributed by atoms with van der Waals surface area (Å²) in [6.07, 6.45) is 2.84. The van der Waals surface area contributed by atoms with Crippen LogP contribution in [0.3, 0.4) is 0 Å². The first-order chi connectivity index (χ1) is 11.8. The standard InChI is InChI=1S/C21H26N2O/c22-16-20(15-17-7-3-1-4-8-17)23-13-11-19(12-14-23)21(24)18-9-5-2-6-10-18/h1-10,19-20H,11-16,22H2. The van der Waals surface area contributed by atoms with Gasteiger partial charge in [-0.3, -0.25) is 9.69 Å². The van der Waals surface area contributed by atoms with Gasteiger partial charge in [-0.25, -0.2) is 0 Å². The minimum absolute atomic E-state index is 0.152. The van der Waals surface area contributed by atoms with Gasteiger partial charge in [-0.15, -0.1) is 0 Å². The van der Waals surface area contributed by atoms with Gasteiger partial charge in [-0.2, -0.15) is 0 Å². The second-order valence-corrected chi connectivity index (χ2v) is 6.62. The van der Waals surface area contributed by atoms with Gasteiger partial charge in [0.25, 0.3) is 0 Å². The quantitative estimate of drug-likeness (QED) is 0.831. The molecule has 1 fully saturated rings. The molecule has 2 aromatic carbocycles. The molecule has 1 aliphatic rings. The summed E-state index contributed by atoms with van der Waals surface area (Å²) in [5.74, 6) is 0.446. The van der Waals surface area contributed by atoms with Crippen molar-refractivity contribution in [1.82, 2.24) is 4.90 Å². The van der Waals surface area contributed by atoms with Crippen LogP contribution in [-0.4, -0.2) is 36.4 Å². The van der Waals surface area contributed by atoms with Crippen LogP contribution < -0.4 is 5.73 Å². The van der Waals surface area contributed by atoms with Gasteiger partial charge in [-0.1, -0.05) is 60.7 Å². The van der Waals surface area contributed by atoms with Crippen molar-refractivity contribution < 1.29 is 4.79 Å². The Morgan fingerprint density at radius 3 is 2.17 bits per heavy atom. The first-order valence-corrected chi connectivity index (χ1v) is 8.85. The van der Waals surface area contributed by atoms with Crippen molar-refractivity contribution in [3.05, 3.63) is 71.8 Å². The maximum Gasteiger partial charge on any atom is 0.166 e. The average Bonchev–Trinajstić information content (AvgIpc) is 2.67. The topological polar surface area (TPSA) is 46.3 Å². The molecule has 0 saturated carbocycles. The number of benzene rings is 2. The SMILES string of the molecule is NCC(Cc1ccccc1)N1CCC(C(=O)c2ccccc2)CC1. The van der Waals surface area contributed by atoms with Crippen molar-refractivity contribution >= 4 is 5.78 Å². The number of rotatable bonds is 6. The van der Waals surface area contributed by atoms with Crippen LogP contribution in [0.2, 0.25) is 0 Å². The molecule has 1 aliphatic heterocycles. The summed E-state index contributed by atoms with van der Waals surface area (Å²) in [6, 6.07) is 20.6. The number of hydrogen-bond donors (Lipinski definition) is 1. The van der Waals surface area contributed by atoms with Crippen LogP contribution in [0.15, 0.2) is 60.7 Å². The van der Waals surface area contributed by atoms with Gasteiger partial charge in [0.2, 0.25) is 0 Å². The van der Waals surface area contributed by atoms with Crippen LogP contribution in [0, 0.1) is 5.92 Å². The summed E-state index contributed by atoms with van der Waals surface area (Å²) in [6.45, 7) is 2.57. The highest BCUT2D eigenvalue weighted by Gasteiger charge is 2.28. The lowest BCUT2D eigenvalue weighted by molar-refractivity contribution is 0.0795. The number of carbonyl (C=O) groups excluding carboxylic acids is 1. The number of nitrogens with two attached hydrogens (primary N) is 1. The second kappa shape index (κ2) is 8.22. The van der Waals surface area contributed by atoms with Gasteiger partial charge < -0.3 is 5.73 Å². The van der Waals surface area contributed by atoms with E-state index in [4.69, 9.17) is 5.73 Å². The molecule has 1 heterocycles. The van der Waals surface area contributed by atoms with E-state index in [-0.39, 0.29) is 5.92 Å². The van der Waals surface area contributed by atoms with E-state index in [9.17, 15) is 4.79 Å². The molecular weight excluding hydrogens is 296 g/mol. The molecule has 0 aromatic heterocycles. The summed E-state index contributed by atoms with van der Waals surface area (Å²) in [7, 11) is 0. The maximum absolute atomic E-state index is 12.6. The van der Waals surface area contributed by atoms with E-state index in [1.165, 1.54) is 5.56 Å². The minimum atomic E-state index is 0.152. The predicted octanol–water partition coefficient (Wildman–Crippen LogP) is 3.15. The van der Waals surface area contributed by atoms with E-state index in [1.807, 2.05) is 36.4 Å². The first kappa shape index (κ1) is 16.9. The lowest BCUT2D eigenvalue weighted by Gasteiger charge is -2.36. The van der Waals surface area contributed by atoms with Crippen molar-refractivity contribution in [2.75, 3.05) is 19.6 Å². The zero-order chi connectivity index (χ0) is 16.8. The fraction of sp³-hybridized carbons (Fsp3) is 0.381. The van der Waals surface area contributed by atoms with Crippen LogP contribution in [0.4, 0.5) is 0 Å². The molecular formula is C21H26N2O. The van der Waals surface area contributed by atoms with Crippen molar-refractivity contribution in [2.45, 2.75) is 25.3 Å².